The van der Waals surface area contributed by atoms with Crippen molar-refractivity contribution in [2.75, 3.05) is 0 Å². The van der Waals surface area contributed by atoms with Crippen molar-refractivity contribution < 1.29 is 4.79 Å². The Balaban J connectivity index is 2.19. The lowest BCUT2D eigenvalue weighted by molar-refractivity contribution is -0.125. The summed E-state index contributed by atoms with van der Waals surface area (Å²) in [5.41, 5.74) is 3.25. The molecule has 2 heteroatoms. The molecule has 0 radical (unpaired) electrons. The van der Waals surface area contributed by atoms with Crippen LogP contribution in [0, 0.1) is 0 Å². The minimum absolute atomic E-state index is 0.116. The van der Waals surface area contributed by atoms with Gasteiger partial charge in [0.25, 0.3) is 0 Å². The third-order valence-corrected chi connectivity index (χ3v) is 2.85. The van der Waals surface area contributed by atoms with E-state index in [4.69, 9.17) is 0 Å². The zero-order valence-corrected chi connectivity index (χ0v) is 8.76. The van der Waals surface area contributed by atoms with Crippen molar-refractivity contribution in [1.29, 1.82) is 0 Å². The van der Waals surface area contributed by atoms with Gasteiger partial charge in [-0.15, -0.1) is 0 Å². The van der Waals surface area contributed by atoms with Gasteiger partial charge < -0.3 is 0 Å². The number of benzene rings is 1. The van der Waals surface area contributed by atoms with Crippen LogP contribution in [0.15, 0.2) is 48.7 Å². The number of hydrogen-bond acceptors (Lipinski definition) is 1. The highest BCUT2D eigenvalue weighted by atomic mass is 16.2. The lowest BCUT2D eigenvalue weighted by Gasteiger charge is -2.25. The van der Waals surface area contributed by atoms with E-state index in [1.165, 1.54) is 0 Å². The molecule has 78 valence electrons. The monoisotopic (exact) mass is 209 g/mol. The zero-order chi connectivity index (χ0) is 11.0. The fourth-order valence-electron chi connectivity index (χ4n) is 2.05. The van der Waals surface area contributed by atoms with Gasteiger partial charge in [-0.3, -0.25) is 9.69 Å². The number of carbonyl (C=O) groups excluding carboxylic acids is 1. The van der Waals surface area contributed by atoms with Crippen molar-refractivity contribution in [3.63, 3.8) is 0 Å². The van der Waals surface area contributed by atoms with E-state index in [9.17, 15) is 4.79 Å². The molecule has 0 aromatic heterocycles. The van der Waals surface area contributed by atoms with E-state index >= 15 is 0 Å². The Morgan fingerprint density at radius 3 is 3.00 bits per heavy atom. The molecule has 0 atom stereocenters. The summed E-state index contributed by atoms with van der Waals surface area (Å²) in [6, 6.07) is 8.11. The number of allylic oxidation sites excluding steroid dienone is 2. The van der Waals surface area contributed by atoms with E-state index in [0.29, 0.717) is 6.42 Å². The number of hydrogen-bond donors (Lipinski definition) is 0. The third kappa shape index (κ3) is 1.31. The van der Waals surface area contributed by atoms with Crippen LogP contribution in [-0.2, 0) is 4.79 Å². The molecule has 0 bridgehead atoms. The molecule has 0 saturated carbocycles. The van der Waals surface area contributed by atoms with E-state index < -0.39 is 0 Å². The molecule has 0 fully saturated rings. The van der Waals surface area contributed by atoms with Crippen molar-refractivity contribution in [2.45, 2.75) is 6.42 Å². The molecule has 0 spiro atoms. The molecule has 2 nitrogen and oxygen atoms in total. The molecule has 2 heterocycles. The Morgan fingerprint density at radius 1 is 1.19 bits per heavy atom. The first-order valence-corrected chi connectivity index (χ1v) is 5.33. The number of rotatable bonds is 0. The summed E-state index contributed by atoms with van der Waals surface area (Å²) < 4.78 is 0. The van der Waals surface area contributed by atoms with Crippen LogP contribution >= 0.6 is 0 Å². The predicted octanol–water partition coefficient (Wildman–Crippen LogP) is 2.80. The SMILES string of the molecule is O=C1CC=CC=C2c3ccccc3C=CN12. The smallest absolute Gasteiger partial charge is 0.234 e. The van der Waals surface area contributed by atoms with Crippen LogP contribution < -0.4 is 0 Å². The highest BCUT2D eigenvalue weighted by Crippen LogP contribution is 2.30. The Bertz CT molecular complexity index is 537. The summed E-state index contributed by atoms with van der Waals surface area (Å²) in [5.74, 6) is 0.116. The summed E-state index contributed by atoms with van der Waals surface area (Å²) in [6.45, 7) is 0. The first-order valence-electron chi connectivity index (χ1n) is 5.33. The van der Waals surface area contributed by atoms with E-state index in [1.54, 1.807) is 4.90 Å². The maximum absolute atomic E-state index is 11.8. The second-order valence-corrected chi connectivity index (χ2v) is 3.85. The predicted molar refractivity (Wildman–Crippen MR) is 64.1 cm³/mol. The van der Waals surface area contributed by atoms with E-state index in [-0.39, 0.29) is 5.91 Å². The Labute approximate surface area is 94.2 Å². The molecule has 1 aromatic carbocycles. The topological polar surface area (TPSA) is 20.3 Å². The fraction of sp³-hybridized carbons (Fsp3) is 0.0714. The number of amides is 1. The van der Waals surface area contributed by atoms with Crippen LogP contribution in [0.1, 0.15) is 17.5 Å². The highest BCUT2D eigenvalue weighted by molar-refractivity contribution is 5.94. The standard InChI is InChI=1S/C14H11NO/c16-14-8-4-3-7-13-12-6-2-1-5-11(12)9-10-15(13)14/h1-7,9-10H,8H2. The average Bonchev–Trinajstić information content (AvgIpc) is 2.52. The number of nitrogens with zero attached hydrogens (tertiary/aromatic N) is 1. The lowest BCUT2D eigenvalue weighted by atomic mass is 10.0. The van der Waals surface area contributed by atoms with Crippen molar-refractivity contribution in [1.82, 2.24) is 4.90 Å². The molecule has 0 N–H and O–H groups in total. The van der Waals surface area contributed by atoms with E-state index in [0.717, 1.165) is 16.8 Å². The normalized spacial score (nSPS) is 17.6. The molecule has 16 heavy (non-hydrogen) atoms. The maximum atomic E-state index is 11.8. The first kappa shape index (κ1) is 9.16. The molecule has 1 amide bonds. The van der Waals surface area contributed by atoms with Gasteiger partial charge in [0.2, 0.25) is 5.91 Å². The molecule has 3 rings (SSSR count). The van der Waals surface area contributed by atoms with Gasteiger partial charge in [0.15, 0.2) is 0 Å². The van der Waals surface area contributed by atoms with Gasteiger partial charge in [-0.2, -0.15) is 0 Å². The Morgan fingerprint density at radius 2 is 2.06 bits per heavy atom. The quantitative estimate of drug-likeness (QED) is 0.643. The van der Waals surface area contributed by atoms with Crippen molar-refractivity contribution >= 4 is 17.7 Å². The van der Waals surface area contributed by atoms with Crippen molar-refractivity contribution in [2.24, 2.45) is 0 Å². The summed E-state index contributed by atoms with van der Waals surface area (Å²) in [6.07, 6.45) is 10.1. The van der Waals surface area contributed by atoms with Crippen LogP contribution in [0.3, 0.4) is 0 Å². The second-order valence-electron chi connectivity index (χ2n) is 3.85. The molecule has 0 aliphatic carbocycles. The Kier molecular flexibility index (Phi) is 2.00. The molecule has 2 aliphatic heterocycles. The molecular formula is C14H11NO. The van der Waals surface area contributed by atoms with Gasteiger partial charge in [0.1, 0.15) is 0 Å². The third-order valence-electron chi connectivity index (χ3n) is 2.85. The minimum atomic E-state index is 0.116. The highest BCUT2D eigenvalue weighted by Gasteiger charge is 2.21. The van der Waals surface area contributed by atoms with Gasteiger partial charge in [-0.25, -0.2) is 0 Å². The fourth-order valence-corrected chi connectivity index (χ4v) is 2.05. The van der Waals surface area contributed by atoms with Gasteiger partial charge in [0, 0.05) is 18.2 Å². The molecule has 0 unspecified atom stereocenters. The summed E-state index contributed by atoms with van der Waals surface area (Å²) in [5, 5.41) is 0. The molecule has 2 aliphatic rings. The number of fused-ring (bicyclic) bond motifs is 3. The lowest BCUT2D eigenvalue weighted by Crippen LogP contribution is -2.24. The summed E-state index contributed by atoms with van der Waals surface area (Å²) >= 11 is 0. The van der Waals surface area contributed by atoms with Gasteiger partial charge >= 0.3 is 0 Å². The van der Waals surface area contributed by atoms with Crippen LogP contribution in [0.5, 0.6) is 0 Å². The summed E-state index contributed by atoms with van der Waals surface area (Å²) in [7, 11) is 0. The zero-order valence-electron chi connectivity index (χ0n) is 8.76. The van der Waals surface area contributed by atoms with Crippen LogP contribution in [0.25, 0.3) is 11.8 Å². The maximum Gasteiger partial charge on any atom is 0.234 e. The van der Waals surface area contributed by atoms with Crippen molar-refractivity contribution in [3.05, 3.63) is 59.8 Å². The van der Waals surface area contributed by atoms with E-state index in [2.05, 4.69) is 6.07 Å². The van der Waals surface area contributed by atoms with Crippen LogP contribution in [0.2, 0.25) is 0 Å². The molecule has 1 aromatic rings. The largest absolute Gasteiger partial charge is 0.287 e. The van der Waals surface area contributed by atoms with Gasteiger partial charge in [-0.1, -0.05) is 36.4 Å². The van der Waals surface area contributed by atoms with Crippen molar-refractivity contribution in [3.8, 4) is 0 Å². The average molecular weight is 209 g/mol. The van der Waals surface area contributed by atoms with Crippen LogP contribution in [-0.4, -0.2) is 10.8 Å². The number of carbonyl (C=O) groups is 1. The van der Waals surface area contributed by atoms with Gasteiger partial charge in [-0.05, 0) is 17.7 Å². The Hall–Kier alpha value is -2.09. The minimum Gasteiger partial charge on any atom is -0.287 e. The van der Waals surface area contributed by atoms with Gasteiger partial charge in [0.05, 0.1) is 5.70 Å². The second kappa shape index (κ2) is 3.49. The molecule has 0 saturated heterocycles. The summed E-state index contributed by atoms with van der Waals surface area (Å²) in [4.78, 5) is 13.6. The molecular weight excluding hydrogens is 198 g/mol. The van der Waals surface area contributed by atoms with E-state index in [1.807, 2.05) is 48.7 Å². The first-order chi connectivity index (χ1) is 7.86. The van der Waals surface area contributed by atoms with Crippen LogP contribution in [0.4, 0.5) is 0 Å².